The fourth-order valence-corrected chi connectivity index (χ4v) is 9.87. The van der Waals surface area contributed by atoms with E-state index in [2.05, 4.69) is 20.4 Å². The fourth-order valence-electron chi connectivity index (χ4n) is 7.69. The Balaban J connectivity index is 0.000000162. The molecule has 7 aromatic rings. The SMILES string of the molecule is CNC(=O)c1cc(Oc2ccc3nc(C[C@@H]4CCCC[C@H]4O)sc3c2)ccn1.Cn1cc(-c2cc(Oc3ccc4nc(C[C@@H]5CCCC[C@H]5O)sc4c3)ccn2)cn1. The molecule has 12 nitrogen and oxygen atoms in total. The molecule has 2 aliphatic rings. The lowest BCUT2D eigenvalue weighted by Gasteiger charge is -2.26. The van der Waals surface area contributed by atoms with Gasteiger partial charge in [0.25, 0.3) is 5.91 Å². The largest absolute Gasteiger partial charge is 0.457 e. The number of fused-ring (bicyclic) bond motifs is 2. The molecule has 0 bridgehead atoms. The molecule has 9 rings (SSSR count). The third kappa shape index (κ3) is 9.70. The molecule has 2 fully saturated rings. The van der Waals surface area contributed by atoms with Crippen molar-refractivity contribution in [3.63, 3.8) is 0 Å². The van der Waals surface area contributed by atoms with Gasteiger partial charge in [0, 0.05) is 75.4 Å². The third-order valence-corrected chi connectivity index (χ3v) is 12.9. The molecule has 58 heavy (non-hydrogen) atoms. The van der Waals surface area contributed by atoms with Crippen LogP contribution in [0.5, 0.6) is 23.0 Å². The summed E-state index contributed by atoms with van der Waals surface area (Å²) in [5, 5.41) is 29.4. The number of aromatic nitrogens is 6. The number of amides is 1. The summed E-state index contributed by atoms with van der Waals surface area (Å²) in [6, 6.07) is 18.9. The second kappa shape index (κ2) is 18.1. The number of carbonyl (C=O) groups is 1. The molecule has 14 heteroatoms. The van der Waals surface area contributed by atoms with Gasteiger partial charge in [-0.3, -0.25) is 19.4 Å². The van der Waals surface area contributed by atoms with E-state index in [-0.39, 0.29) is 18.1 Å². The van der Waals surface area contributed by atoms with Crippen LogP contribution < -0.4 is 14.8 Å². The first kappa shape index (κ1) is 39.5. The van der Waals surface area contributed by atoms with Crippen molar-refractivity contribution >= 4 is 49.0 Å². The highest BCUT2D eigenvalue weighted by Crippen LogP contribution is 2.35. The molecule has 0 unspecified atom stereocenters. The second-order valence-electron chi connectivity index (χ2n) is 15.0. The Morgan fingerprint density at radius 1 is 0.741 bits per heavy atom. The summed E-state index contributed by atoms with van der Waals surface area (Å²) in [5.41, 5.74) is 4.02. The lowest BCUT2D eigenvalue weighted by molar-refractivity contribution is 0.0698. The van der Waals surface area contributed by atoms with Crippen LogP contribution >= 0.6 is 22.7 Å². The minimum atomic E-state index is -0.252. The number of ether oxygens (including phenoxy) is 2. The summed E-state index contributed by atoms with van der Waals surface area (Å²) in [7, 11) is 3.45. The summed E-state index contributed by atoms with van der Waals surface area (Å²) >= 11 is 3.35. The molecule has 4 atom stereocenters. The number of hydrogen-bond acceptors (Lipinski definition) is 12. The Hall–Kier alpha value is -5.28. The lowest BCUT2D eigenvalue weighted by Crippen LogP contribution is -2.26. The molecule has 0 aliphatic heterocycles. The molecular formula is C44H47N7O5S2. The maximum absolute atomic E-state index is 11.7. The zero-order chi connectivity index (χ0) is 40.0. The minimum absolute atomic E-state index is 0.189. The highest BCUT2D eigenvalue weighted by molar-refractivity contribution is 7.18. The van der Waals surface area contributed by atoms with E-state index in [0.29, 0.717) is 29.0 Å². The predicted octanol–water partition coefficient (Wildman–Crippen LogP) is 8.91. The van der Waals surface area contributed by atoms with Crippen LogP contribution in [0.2, 0.25) is 0 Å². The Kier molecular flexibility index (Phi) is 12.3. The minimum Gasteiger partial charge on any atom is -0.457 e. The Bertz CT molecular complexity index is 2500. The van der Waals surface area contributed by atoms with Crippen LogP contribution in [0, 0.1) is 11.8 Å². The summed E-state index contributed by atoms with van der Waals surface area (Å²) in [6.45, 7) is 0. The molecule has 5 aromatic heterocycles. The summed E-state index contributed by atoms with van der Waals surface area (Å²) in [6.07, 6.45) is 16.9. The number of nitrogens with one attached hydrogen (secondary N) is 1. The normalized spacial score (nSPS) is 19.4. The monoisotopic (exact) mass is 817 g/mol. The Labute approximate surface area is 345 Å². The Morgan fingerprint density at radius 2 is 1.28 bits per heavy atom. The van der Waals surface area contributed by atoms with Gasteiger partial charge in [-0.2, -0.15) is 5.10 Å². The number of aliphatic hydroxyl groups is 2. The number of nitrogens with zero attached hydrogens (tertiary/aromatic N) is 6. The van der Waals surface area contributed by atoms with Crippen LogP contribution in [0.1, 0.15) is 71.9 Å². The van der Waals surface area contributed by atoms with Crippen LogP contribution in [-0.4, -0.2) is 65.1 Å². The van der Waals surface area contributed by atoms with Crippen molar-refractivity contribution in [2.24, 2.45) is 18.9 Å². The third-order valence-electron chi connectivity index (χ3n) is 10.8. The van der Waals surface area contributed by atoms with Gasteiger partial charge < -0.3 is 25.0 Å². The molecule has 300 valence electrons. The molecule has 0 spiro atoms. The van der Waals surface area contributed by atoms with E-state index in [4.69, 9.17) is 19.4 Å². The first-order valence-electron chi connectivity index (χ1n) is 19.9. The smallest absolute Gasteiger partial charge is 0.269 e. The van der Waals surface area contributed by atoms with Crippen molar-refractivity contribution in [2.75, 3.05) is 7.05 Å². The van der Waals surface area contributed by atoms with Crippen molar-refractivity contribution < 1.29 is 24.5 Å². The average Bonchev–Trinajstić information content (AvgIpc) is 3.97. The number of benzene rings is 2. The average molecular weight is 818 g/mol. The zero-order valence-electron chi connectivity index (χ0n) is 32.6. The fraction of sp³-hybridized carbons (Fsp3) is 0.364. The molecule has 2 aromatic carbocycles. The number of rotatable bonds is 10. The maximum atomic E-state index is 11.7. The molecule has 3 N–H and O–H groups in total. The van der Waals surface area contributed by atoms with Gasteiger partial charge in [0.15, 0.2) is 0 Å². The molecule has 2 saturated carbocycles. The van der Waals surface area contributed by atoms with Crippen molar-refractivity contribution in [3.05, 3.63) is 101 Å². The van der Waals surface area contributed by atoms with Crippen molar-refractivity contribution in [1.29, 1.82) is 0 Å². The number of carbonyl (C=O) groups excluding carboxylic acids is 1. The molecule has 5 heterocycles. The van der Waals surface area contributed by atoms with Gasteiger partial charge in [-0.15, -0.1) is 22.7 Å². The van der Waals surface area contributed by atoms with Gasteiger partial charge in [-0.1, -0.05) is 25.7 Å². The molecule has 1 amide bonds. The van der Waals surface area contributed by atoms with E-state index in [0.717, 1.165) is 105 Å². The predicted molar refractivity (Wildman–Crippen MR) is 227 cm³/mol. The Morgan fingerprint density at radius 3 is 1.81 bits per heavy atom. The van der Waals surface area contributed by atoms with Gasteiger partial charge in [0.1, 0.15) is 28.7 Å². The van der Waals surface area contributed by atoms with Crippen LogP contribution in [0.25, 0.3) is 31.7 Å². The standard InChI is InChI=1S/C23H24N4O2S.C21H23N3O3S/c1-27-14-16(13-25-27)20-11-18(8-9-24-20)29-17-6-7-19-22(12-17)30-23(26-19)10-15-4-2-3-5-21(15)28;1-22-21(26)17-11-15(8-9-23-17)27-14-6-7-16-19(12-14)28-20(24-16)10-13-4-2-3-5-18(13)25/h6-9,11-15,21,28H,2-5,10H2,1H3;6-9,11-13,18,25H,2-5,10H2,1H3,(H,22,26)/t15-,21+;13-,18+/m00/s1. The van der Waals surface area contributed by atoms with Crippen LogP contribution in [0.15, 0.2) is 85.5 Å². The van der Waals surface area contributed by atoms with Crippen LogP contribution in [0.4, 0.5) is 0 Å². The molecular weight excluding hydrogens is 771 g/mol. The topological polar surface area (TPSA) is 157 Å². The summed E-state index contributed by atoms with van der Waals surface area (Å²) in [4.78, 5) is 29.7. The summed E-state index contributed by atoms with van der Waals surface area (Å²) in [5.74, 6) is 3.15. The van der Waals surface area contributed by atoms with E-state index in [1.54, 1.807) is 65.1 Å². The van der Waals surface area contributed by atoms with Crippen molar-refractivity contribution in [1.82, 2.24) is 35.0 Å². The van der Waals surface area contributed by atoms with Gasteiger partial charge >= 0.3 is 0 Å². The van der Waals surface area contributed by atoms with Gasteiger partial charge in [0.05, 0.1) is 54.5 Å². The van der Waals surface area contributed by atoms with Gasteiger partial charge in [0.2, 0.25) is 0 Å². The van der Waals surface area contributed by atoms with E-state index >= 15 is 0 Å². The van der Waals surface area contributed by atoms with E-state index in [9.17, 15) is 15.0 Å². The highest BCUT2D eigenvalue weighted by Gasteiger charge is 2.26. The quantitative estimate of drug-likeness (QED) is 0.122. The second-order valence-corrected chi connectivity index (χ2v) is 17.3. The van der Waals surface area contributed by atoms with Crippen LogP contribution in [0.3, 0.4) is 0 Å². The first-order chi connectivity index (χ1) is 28.3. The lowest BCUT2D eigenvalue weighted by atomic mass is 9.84. The van der Waals surface area contributed by atoms with Crippen molar-refractivity contribution in [2.45, 2.75) is 76.4 Å². The number of hydrogen-bond donors (Lipinski definition) is 3. The van der Waals surface area contributed by atoms with E-state index < -0.39 is 0 Å². The number of thiazole rings is 2. The number of aryl methyl sites for hydroxylation is 1. The van der Waals surface area contributed by atoms with Gasteiger partial charge in [-0.25, -0.2) is 9.97 Å². The zero-order valence-corrected chi connectivity index (χ0v) is 34.2. The molecule has 0 radical (unpaired) electrons. The number of aliphatic hydroxyl groups excluding tert-OH is 2. The van der Waals surface area contributed by atoms with Crippen LogP contribution in [-0.2, 0) is 19.9 Å². The highest BCUT2D eigenvalue weighted by atomic mass is 32.1. The van der Waals surface area contributed by atoms with E-state index in [1.807, 2.05) is 61.8 Å². The van der Waals surface area contributed by atoms with Gasteiger partial charge in [-0.05, 0) is 73.9 Å². The molecule has 2 aliphatic carbocycles. The summed E-state index contributed by atoms with van der Waals surface area (Å²) < 4.78 is 15.9. The molecule has 0 saturated heterocycles. The first-order valence-corrected chi connectivity index (χ1v) is 21.5. The number of pyridine rings is 2. The van der Waals surface area contributed by atoms with E-state index in [1.165, 1.54) is 12.8 Å². The maximum Gasteiger partial charge on any atom is 0.269 e. The van der Waals surface area contributed by atoms with Crippen molar-refractivity contribution in [3.8, 4) is 34.3 Å².